The van der Waals surface area contributed by atoms with Gasteiger partial charge in [0.25, 0.3) is 5.91 Å². The van der Waals surface area contributed by atoms with Crippen LogP contribution in [0.2, 0.25) is 0 Å². The minimum Gasteiger partial charge on any atom is -0.334 e. The Labute approximate surface area is 136 Å². The van der Waals surface area contributed by atoms with E-state index in [0.29, 0.717) is 12.1 Å². The van der Waals surface area contributed by atoms with E-state index >= 15 is 0 Å². The zero-order valence-corrected chi connectivity index (χ0v) is 13.4. The number of hydrogen-bond donors (Lipinski definition) is 1. The Hall–Kier alpha value is -1.85. The van der Waals surface area contributed by atoms with Crippen molar-refractivity contribution in [3.8, 4) is 5.69 Å². The summed E-state index contributed by atoms with van der Waals surface area (Å²) in [4.78, 5) is 14.6. The molecule has 118 valence electrons. The number of benzene rings is 1. The van der Waals surface area contributed by atoms with E-state index in [2.05, 4.69) is 5.10 Å². The molecule has 0 spiro atoms. The smallest absolute Gasteiger partial charge is 0.257 e. The Morgan fingerprint density at radius 2 is 2.09 bits per heavy atom. The van der Waals surface area contributed by atoms with Crippen LogP contribution < -0.4 is 5.73 Å². The van der Waals surface area contributed by atoms with Crippen LogP contribution in [0.3, 0.4) is 0 Å². The summed E-state index contributed by atoms with van der Waals surface area (Å²) in [6, 6.07) is 10.0. The van der Waals surface area contributed by atoms with Crippen LogP contribution in [0.4, 0.5) is 0 Å². The zero-order valence-electron chi connectivity index (χ0n) is 12.6. The average Bonchev–Trinajstić information content (AvgIpc) is 3.13. The van der Waals surface area contributed by atoms with Gasteiger partial charge in [-0.2, -0.15) is 5.10 Å². The molecule has 2 heterocycles. The third kappa shape index (κ3) is 2.87. The lowest BCUT2D eigenvalue weighted by Gasteiger charge is -2.23. The standard InChI is InChI=1S/C16H20N4O.ClH/c1-12-15(16(21)19-9-5-8-14(19)10-17)11-18-20(12)13-6-3-2-4-7-13;/h2-4,6-7,11,14H,5,8-10,17H2,1H3;1H. The number of halogens is 1. The monoisotopic (exact) mass is 320 g/mol. The fourth-order valence-electron chi connectivity index (χ4n) is 2.95. The molecular weight excluding hydrogens is 300 g/mol. The molecule has 1 fully saturated rings. The summed E-state index contributed by atoms with van der Waals surface area (Å²) in [6.07, 6.45) is 3.68. The fraction of sp³-hybridized carbons (Fsp3) is 0.375. The first-order valence-electron chi connectivity index (χ1n) is 7.33. The molecule has 22 heavy (non-hydrogen) atoms. The lowest BCUT2D eigenvalue weighted by atomic mass is 10.2. The van der Waals surface area contributed by atoms with Crippen LogP contribution in [-0.4, -0.2) is 39.7 Å². The summed E-state index contributed by atoms with van der Waals surface area (Å²) in [5.41, 5.74) is 8.26. The van der Waals surface area contributed by atoms with Crippen molar-refractivity contribution in [3.05, 3.63) is 47.8 Å². The SMILES string of the molecule is Cc1c(C(=O)N2CCCC2CN)cnn1-c1ccccc1.Cl. The van der Waals surface area contributed by atoms with E-state index < -0.39 is 0 Å². The summed E-state index contributed by atoms with van der Waals surface area (Å²) in [5, 5.41) is 4.37. The second kappa shape index (κ2) is 6.94. The van der Waals surface area contributed by atoms with Crippen LogP contribution in [0.1, 0.15) is 28.9 Å². The normalized spacial score (nSPS) is 17.4. The molecule has 0 saturated carbocycles. The third-order valence-electron chi connectivity index (χ3n) is 4.15. The van der Waals surface area contributed by atoms with Gasteiger partial charge < -0.3 is 10.6 Å². The van der Waals surface area contributed by atoms with Gasteiger partial charge in [0.2, 0.25) is 0 Å². The van der Waals surface area contributed by atoms with Gasteiger partial charge in [0.15, 0.2) is 0 Å². The van der Waals surface area contributed by atoms with Crippen molar-refractivity contribution in [1.29, 1.82) is 0 Å². The van der Waals surface area contributed by atoms with Crippen LogP contribution in [0.25, 0.3) is 5.69 Å². The molecule has 1 atom stereocenters. The fourth-order valence-corrected chi connectivity index (χ4v) is 2.95. The summed E-state index contributed by atoms with van der Waals surface area (Å²) >= 11 is 0. The Kier molecular flexibility index (Phi) is 5.21. The van der Waals surface area contributed by atoms with E-state index in [1.54, 1.807) is 10.9 Å². The van der Waals surface area contributed by atoms with E-state index in [9.17, 15) is 4.79 Å². The summed E-state index contributed by atoms with van der Waals surface area (Å²) in [7, 11) is 0. The number of likely N-dealkylation sites (tertiary alicyclic amines) is 1. The first-order valence-corrected chi connectivity index (χ1v) is 7.33. The second-order valence-electron chi connectivity index (χ2n) is 5.42. The molecule has 1 unspecified atom stereocenters. The summed E-state index contributed by atoms with van der Waals surface area (Å²) < 4.78 is 1.81. The van der Waals surface area contributed by atoms with Crippen molar-refractivity contribution in [2.24, 2.45) is 5.73 Å². The van der Waals surface area contributed by atoms with E-state index in [4.69, 9.17) is 5.73 Å². The van der Waals surface area contributed by atoms with Gasteiger partial charge in [0.1, 0.15) is 0 Å². The number of para-hydroxylation sites is 1. The van der Waals surface area contributed by atoms with Gasteiger partial charge in [0.05, 0.1) is 23.1 Å². The molecule has 2 aromatic rings. The number of carbonyl (C=O) groups is 1. The van der Waals surface area contributed by atoms with Crippen molar-refractivity contribution in [3.63, 3.8) is 0 Å². The second-order valence-corrected chi connectivity index (χ2v) is 5.42. The van der Waals surface area contributed by atoms with Crippen molar-refractivity contribution >= 4 is 18.3 Å². The molecule has 5 nitrogen and oxygen atoms in total. The first-order chi connectivity index (χ1) is 10.2. The molecule has 1 saturated heterocycles. The van der Waals surface area contributed by atoms with Crippen LogP contribution >= 0.6 is 12.4 Å². The maximum Gasteiger partial charge on any atom is 0.257 e. The zero-order chi connectivity index (χ0) is 14.8. The molecule has 0 radical (unpaired) electrons. The predicted molar refractivity (Wildman–Crippen MR) is 88.7 cm³/mol. The van der Waals surface area contributed by atoms with Gasteiger partial charge in [-0.05, 0) is 31.9 Å². The van der Waals surface area contributed by atoms with E-state index in [-0.39, 0.29) is 24.4 Å². The molecule has 1 aliphatic rings. The van der Waals surface area contributed by atoms with Gasteiger partial charge >= 0.3 is 0 Å². The lowest BCUT2D eigenvalue weighted by molar-refractivity contribution is 0.0740. The molecule has 1 aromatic heterocycles. The van der Waals surface area contributed by atoms with Crippen molar-refractivity contribution in [2.75, 3.05) is 13.1 Å². The Morgan fingerprint density at radius 3 is 2.77 bits per heavy atom. The molecule has 0 aliphatic carbocycles. The molecule has 6 heteroatoms. The van der Waals surface area contributed by atoms with Gasteiger partial charge in [0, 0.05) is 19.1 Å². The highest BCUT2D eigenvalue weighted by molar-refractivity contribution is 5.95. The van der Waals surface area contributed by atoms with E-state index in [1.807, 2.05) is 42.2 Å². The minimum atomic E-state index is 0. The molecule has 3 rings (SSSR count). The highest BCUT2D eigenvalue weighted by atomic mass is 35.5. The van der Waals surface area contributed by atoms with Crippen LogP contribution in [0, 0.1) is 6.92 Å². The summed E-state index contributed by atoms with van der Waals surface area (Å²) in [6.45, 7) is 3.25. The molecule has 1 aromatic carbocycles. The van der Waals surface area contributed by atoms with Gasteiger partial charge in [-0.15, -0.1) is 12.4 Å². The van der Waals surface area contributed by atoms with Crippen molar-refractivity contribution in [2.45, 2.75) is 25.8 Å². The van der Waals surface area contributed by atoms with Gasteiger partial charge in [-0.25, -0.2) is 4.68 Å². The van der Waals surface area contributed by atoms with Gasteiger partial charge in [-0.3, -0.25) is 4.79 Å². The highest BCUT2D eigenvalue weighted by Gasteiger charge is 2.30. The number of amides is 1. The number of nitrogens with two attached hydrogens (primary N) is 1. The number of aromatic nitrogens is 2. The number of carbonyl (C=O) groups excluding carboxylic acids is 1. The largest absolute Gasteiger partial charge is 0.334 e. The molecule has 1 aliphatic heterocycles. The number of hydrogen-bond acceptors (Lipinski definition) is 3. The molecule has 2 N–H and O–H groups in total. The van der Waals surface area contributed by atoms with Crippen LogP contribution in [0.15, 0.2) is 36.5 Å². The average molecular weight is 321 g/mol. The topological polar surface area (TPSA) is 64.2 Å². The number of rotatable bonds is 3. The summed E-state index contributed by atoms with van der Waals surface area (Å²) in [5.74, 6) is 0.0441. The van der Waals surface area contributed by atoms with E-state index in [0.717, 1.165) is 30.8 Å². The minimum absolute atomic E-state index is 0. The quantitative estimate of drug-likeness (QED) is 0.942. The lowest BCUT2D eigenvalue weighted by Crippen LogP contribution is -2.40. The van der Waals surface area contributed by atoms with Gasteiger partial charge in [-0.1, -0.05) is 18.2 Å². The maximum absolute atomic E-state index is 12.7. The van der Waals surface area contributed by atoms with E-state index in [1.165, 1.54) is 0 Å². The molecular formula is C16H21ClN4O. The maximum atomic E-state index is 12.7. The predicted octanol–water partition coefficient (Wildman–Crippen LogP) is 2.17. The van der Waals surface area contributed by atoms with Crippen molar-refractivity contribution in [1.82, 2.24) is 14.7 Å². The molecule has 0 bridgehead atoms. The highest BCUT2D eigenvalue weighted by Crippen LogP contribution is 2.22. The Morgan fingerprint density at radius 1 is 1.36 bits per heavy atom. The third-order valence-corrected chi connectivity index (χ3v) is 4.15. The Bertz CT molecular complexity index is 641. The van der Waals surface area contributed by atoms with Crippen LogP contribution in [0.5, 0.6) is 0 Å². The Balaban J connectivity index is 0.00000176. The number of nitrogens with zero attached hydrogens (tertiary/aromatic N) is 3. The van der Waals surface area contributed by atoms with Crippen molar-refractivity contribution < 1.29 is 4.79 Å². The first kappa shape index (κ1) is 16.5. The molecule has 1 amide bonds. The van der Waals surface area contributed by atoms with Crippen LogP contribution in [-0.2, 0) is 0 Å².